The van der Waals surface area contributed by atoms with Crippen LogP contribution in [-0.2, 0) is 16.6 Å². The Morgan fingerprint density at radius 1 is 1.20 bits per heavy atom. The van der Waals surface area contributed by atoms with Crippen molar-refractivity contribution in [2.75, 3.05) is 13.1 Å². The van der Waals surface area contributed by atoms with Crippen LogP contribution < -0.4 is 5.14 Å². The number of likely N-dealkylation sites (tertiary alicyclic amines) is 1. The van der Waals surface area contributed by atoms with Crippen LogP contribution in [0.4, 0.5) is 0 Å². The molecule has 2 aromatic carbocycles. The van der Waals surface area contributed by atoms with Crippen LogP contribution in [-0.4, -0.2) is 47.0 Å². The fraction of sp³-hybridized carbons (Fsp3) is 0.381. The second-order valence-corrected chi connectivity index (χ2v) is 9.71. The van der Waals surface area contributed by atoms with E-state index in [1.165, 1.54) is 18.1 Å². The number of tetrazole rings is 1. The number of benzene rings is 2. The maximum atomic E-state index is 12.1. The molecule has 9 heteroatoms. The highest BCUT2D eigenvalue weighted by atomic mass is 32.2. The summed E-state index contributed by atoms with van der Waals surface area (Å²) in [7, 11) is -3.95. The van der Waals surface area contributed by atoms with Crippen LogP contribution in [0, 0.1) is 11.8 Å². The van der Waals surface area contributed by atoms with Crippen molar-refractivity contribution < 1.29 is 8.42 Å². The monoisotopic (exact) mass is 426 g/mol. The number of primary sulfonamides is 1. The molecule has 8 nitrogen and oxygen atoms in total. The molecule has 1 unspecified atom stereocenters. The van der Waals surface area contributed by atoms with E-state index in [1.54, 1.807) is 6.07 Å². The molecule has 1 aliphatic rings. The Balaban J connectivity index is 1.64. The van der Waals surface area contributed by atoms with E-state index < -0.39 is 10.0 Å². The van der Waals surface area contributed by atoms with Crippen molar-refractivity contribution in [2.45, 2.75) is 31.7 Å². The van der Waals surface area contributed by atoms with Gasteiger partial charge >= 0.3 is 0 Å². The van der Waals surface area contributed by atoms with Crippen LogP contribution in [0.2, 0.25) is 0 Å². The van der Waals surface area contributed by atoms with Crippen molar-refractivity contribution in [3.8, 4) is 22.5 Å². The first-order valence-electron chi connectivity index (χ1n) is 10.0. The van der Waals surface area contributed by atoms with Gasteiger partial charge in [0.05, 0.1) is 10.5 Å². The molecule has 0 amide bonds. The lowest BCUT2D eigenvalue weighted by atomic mass is 9.95. The molecule has 1 fully saturated rings. The maximum Gasteiger partial charge on any atom is 0.238 e. The Kier molecular flexibility index (Phi) is 5.68. The van der Waals surface area contributed by atoms with E-state index in [0.717, 1.165) is 31.1 Å². The van der Waals surface area contributed by atoms with Crippen LogP contribution >= 0.6 is 0 Å². The molecular formula is C21H26N6O2S. The zero-order chi connectivity index (χ0) is 21.3. The van der Waals surface area contributed by atoms with Gasteiger partial charge in [-0.15, -0.1) is 10.2 Å². The standard InChI is InChI=1S/C21H26N6O2S/c1-14(2)17-10-11-27(13-17)12-15-6-8-16(9-7-15)18-4-3-5-19(30(22,28)29)20(18)21-23-25-26-24-21/h3-9,14,17H,10-13H2,1-2H3,(H2,22,28,29)(H,23,24,25,26). The molecule has 3 N–H and O–H groups in total. The van der Waals surface area contributed by atoms with E-state index in [-0.39, 0.29) is 10.7 Å². The maximum absolute atomic E-state index is 12.1. The summed E-state index contributed by atoms with van der Waals surface area (Å²) in [6.45, 7) is 7.76. The number of hydrogen-bond acceptors (Lipinski definition) is 6. The number of nitrogens with one attached hydrogen (secondary N) is 1. The minimum atomic E-state index is -3.95. The van der Waals surface area contributed by atoms with E-state index in [4.69, 9.17) is 5.14 Å². The Labute approximate surface area is 176 Å². The molecule has 30 heavy (non-hydrogen) atoms. The van der Waals surface area contributed by atoms with E-state index in [9.17, 15) is 8.42 Å². The number of nitrogens with two attached hydrogens (primary N) is 1. The highest BCUT2D eigenvalue weighted by Gasteiger charge is 2.25. The Bertz CT molecular complexity index is 1110. The lowest BCUT2D eigenvalue weighted by molar-refractivity contribution is 0.297. The van der Waals surface area contributed by atoms with Gasteiger partial charge in [0.1, 0.15) is 0 Å². The van der Waals surface area contributed by atoms with Crippen LogP contribution in [0.1, 0.15) is 25.8 Å². The first-order chi connectivity index (χ1) is 14.3. The molecule has 1 aliphatic heterocycles. The number of H-pyrrole nitrogens is 1. The number of aromatic nitrogens is 4. The summed E-state index contributed by atoms with van der Waals surface area (Å²) in [6.07, 6.45) is 1.25. The Morgan fingerprint density at radius 2 is 1.97 bits per heavy atom. The molecule has 158 valence electrons. The van der Waals surface area contributed by atoms with Crippen molar-refractivity contribution in [3.05, 3.63) is 48.0 Å². The van der Waals surface area contributed by atoms with Gasteiger partial charge < -0.3 is 0 Å². The van der Waals surface area contributed by atoms with Crippen LogP contribution in [0.25, 0.3) is 22.5 Å². The number of rotatable bonds is 6. The second kappa shape index (κ2) is 8.25. The normalized spacial score (nSPS) is 17.7. The van der Waals surface area contributed by atoms with Crippen molar-refractivity contribution in [1.82, 2.24) is 25.5 Å². The third-order valence-corrected chi connectivity index (χ3v) is 6.78. The quantitative estimate of drug-likeness (QED) is 0.626. The van der Waals surface area contributed by atoms with E-state index >= 15 is 0 Å². The predicted octanol–water partition coefficient (Wildman–Crippen LogP) is 2.66. The summed E-state index contributed by atoms with van der Waals surface area (Å²) in [4.78, 5) is 2.47. The highest BCUT2D eigenvalue weighted by molar-refractivity contribution is 7.89. The Hall–Kier alpha value is -2.62. The number of sulfonamides is 1. The van der Waals surface area contributed by atoms with Crippen LogP contribution in [0.5, 0.6) is 0 Å². The van der Waals surface area contributed by atoms with Gasteiger partial charge in [-0.3, -0.25) is 4.90 Å². The van der Waals surface area contributed by atoms with E-state index in [0.29, 0.717) is 17.0 Å². The summed E-state index contributed by atoms with van der Waals surface area (Å²) >= 11 is 0. The summed E-state index contributed by atoms with van der Waals surface area (Å²) in [5.41, 5.74) is 3.13. The molecule has 0 saturated carbocycles. The summed E-state index contributed by atoms with van der Waals surface area (Å²) in [5, 5.41) is 19.3. The minimum absolute atomic E-state index is 0.0257. The van der Waals surface area contributed by atoms with Gasteiger partial charge in [-0.1, -0.05) is 50.2 Å². The molecule has 3 aromatic rings. The lowest BCUT2D eigenvalue weighted by Gasteiger charge is -2.18. The fourth-order valence-corrected chi connectivity index (χ4v) is 4.86. The second-order valence-electron chi connectivity index (χ2n) is 8.18. The van der Waals surface area contributed by atoms with Crippen LogP contribution in [0.3, 0.4) is 0 Å². The van der Waals surface area contributed by atoms with Gasteiger partial charge in [-0.2, -0.15) is 5.21 Å². The van der Waals surface area contributed by atoms with Crippen molar-refractivity contribution in [3.63, 3.8) is 0 Å². The molecule has 2 heterocycles. The first kappa shape index (κ1) is 20.6. The molecule has 1 atom stereocenters. The van der Waals surface area contributed by atoms with E-state index in [2.05, 4.69) is 51.5 Å². The molecule has 4 rings (SSSR count). The smallest absolute Gasteiger partial charge is 0.238 e. The minimum Gasteiger partial charge on any atom is -0.299 e. The van der Waals surface area contributed by atoms with Gasteiger partial charge in [0, 0.05) is 13.1 Å². The molecule has 0 aliphatic carbocycles. The summed E-state index contributed by atoms with van der Waals surface area (Å²) < 4.78 is 24.3. The fourth-order valence-electron chi connectivity index (χ4n) is 4.11. The predicted molar refractivity (Wildman–Crippen MR) is 115 cm³/mol. The van der Waals surface area contributed by atoms with E-state index in [1.807, 2.05) is 18.2 Å². The number of nitrogens with zero attached hydrogens (tertiary/aromatic N) is 4. The molecule has 0 bridgehead atoms. The summed E-state index contributed by atoms with van der Waals surface area (Å²) in [6, 6.07) is 13.1. The zero-order valence-electron chi connectivity index (χ0n) is 17.1. The SMILES string of the molecule is CC(C)C1CCN(Cc2ccc(-c3cccc(S(N)(=O)=O)c3-c3nn[nH]n3)cc2)C1. The van der Waals surface area contributed by atoms with Gasteiger partial charge in [-0.25, -0.2) is 13.6 Å². The van der Waals surface area contributed by atoms with Crippen molar-refractivity contribution in [2.24, 2.45) is 17.0 Å². The highest BCUT2D eigenvalue weighted by Crippen LogP contribution is 2.35. The topological polar surface area (TPSA) is 118 Å². The van der Waals surface area contributed by atoms with Crippen molar-refractivity contribution in [1.29, 1.82) is 0 Å². The molecule has 0 radical (unpaired) electrons. The Morgan fingerprint density at radius 3 is 2.57 bits per heavy atom. The molecule has 1 aromatic heterocycles. The first-order valence-corrected chi connectivity index (χ1v) is 11.6. The van der Waals surface area contributed by atoms with Gasteiger partial charge in [-0.05, 0) is 52.8 Å². The largest absolute Gasteiger partial charge is 0.299 e. The van der Waals surface area contributed by atoms with Gasteiger partial charge in [0.15, 0.2) is 0 Å². The summed E-state index contributed by atoms with van der Waals surface area (Å²) in [5.74, 6) is 1.67. The molecule has 0 spiro atoms. The average molecular weight is 427 g/mol. The zero-order valence-corrected chi connectivity index (χ0v) is 17.9. The number of aromatic amines is 1. The third kappa shape index (κ3) is 4.28. The van der Waals surface area contributed by atoms with Gasteiger partial charge in [0.25, 0.3) is 0 Å². The lowest BCUT2D eigenvalue weighted by Crippen LogP contribution is -2.21. The van der Waals surface area contributed by atoms with Crippen molar-refractivity contribution >= 4 is 10.0 Å². The van der Waals surface area contributed by atoms with Gasteiger partial charge in [0.2, 0.25) is 15.8 Å². The third-order valence-electron chi connectivity index (χ3n) is 5.82. The average Bonchev–Trinajstić information content (AvgIpc) is 3.39. The number of hydrogen-bond donors (Lipinski definition) is 2. The molecular weight excluding hydrogens is 400 g/mol. The molecule has 1 saturated heterocycles. The van der Waals surface area contributed by atoms with Crippen LogP contribution in [0.15, 0.2) is 47.4 Å².